The minimum absolute atomic E-state index is 0.281. The van der Waals surface area contributed by atoms with Crippen LogP contribution < -0.4 is 10.1 Å². The summed E-state index contributed by atoms with van der Waals surface area (Å²) in [7, 11) is 5.57. The molecule has 0 fully saturated rings. The van der Waals surface area contributed by atoms with Gasteiger partial charge in [0.25, 0.3) is 0 Å². The van der Waals surface area contributed by atoms with Crippen molar-refractivity contribution in [2.75, 3.05) is 40.8 Å². The molecular weight excluding hydrogens is 243 g/mol. The largest absolute Gasteiger partial charge is 0.494 e. The van der Waals surface area contributed by atoms with E-state index in [1.807, 2.05) is 13.1 Å². The maximum absolute atomic E-state index is 13.5. The number of likely N-dealkylation sites (N-methyl/N-ethyl adjacent to an activating group) is 1. The zero-order valence-electron chi connectivity index (χ0n) is 12.2. The zero-order chi connectivity index (χ0) is 14.1. The van der Waals surface area contributed by atoms with Gasteiger partial charge in [-0.1, -0.05) is 6.07 Å². The molecule has 0 amide bonds. The molecule has 1 aromatic rings. The summed E-state index contributed by atoms with van der Waals surface area (Å²) in [6.45, 7) is 3.10. The van der Waals surface area contributed by atoms with Gasteiger partial charge in [0.1, 0.15) is 0 Å². The highest BCUT2D eigenvalue weighted by Gasteiger charge is 2.04. The Kier molecular flexibility index (Phi) is 7.45. The van der Waals surface area contributed by atoms with Gasteiger partial charge in [-0.15, -0.1) is 0 Å². The summed E-state index contributed by atoms with van der Waals surface area (Å²) in [6, 6.07) is 5.18. The molecule has 0 aliphatic rings. The average Bonchev–Trinajstić information content (AvgIpc) is 2.41. The van der Waals surface area contributed by atoms with E-state index in [2.05, 4.69) is 17.3 Å². The van der Waals surface area contributed by atoms with Crippen molar-refractivity contribution < 1.29 is 9.13 Å². The lowest BCUT2D eigenvalue weighted by molar-refractivity contribution is 0.329. The molecule has 0 heterocycles. The number of halogens is 1. The van der Waals surface area contributed by atoms with Crippen molar-refractivity contribution in [2.24, 2.45) is 0 Å². The Labute approximate surface area is 115 Å². The molecule has 0 bridgehead atoms. The SMILES string of the molecule is CNCCCCN(C)CCc1ccc(OC)c(F)c1. The lowest BCUT2D eigenvalue weighted by Crippen LogP contribution is -2.23. The Morgan fingerprint density at radius 2 is 2.05 bits per heavy atom. The molecule has 0 unspecified atom stereocenters. The molecule has 0 spiro atoms. The van der Waals surface area contributed by atoms with Gasteiger partial charge in [0, 0.05) is 6.54 Å². The second kappa shape index (κ2) is 8.88. The number of nitrogens with zero attached hydrogens (tertiary/aromatic N) is 1. The van der Waals surface area contributed by atoms with Crippen molar-refractivity contribution >= 4 is 0 Å². The van der Waals surface area contributed by atoms with Crippen molar-refractivity contribution in [1.29, 1.82) is 0 Å². The number of unbranched alkanes of at least 4 members (excludes halogenated alkanes) is 1. The molecule has 4 heteroatoms. The monoisotopic (exact) mass is 268 g/mol. The van der Waals surface area contributed by atoms with E-state index in [-0.39, 0.29) is 5.82 Å². The van der Waals surface area contributed by atoms with Crippen molar-refractivity contribution in [1.82, 2.24) is 10.2 Å². The van der Waals surface area contributed by atoms with Crippen LogP contribution in [0.15, 0.2) is 18.2 Å². The highest BCUT2D eigenvalue weighted by Crippen LogP contribution is 2.17. The molecule has 0 saturated carbocycles. The van der Waals surface area contributed by atoms with E-state index in [0.717, 1.165) is 31.6 Å². The standard InChI is InChI=1S/C15H25FN2O/c1-17-9-4-5-10-18(2)11-8-13-6-7-15(19-3)14(16)12-13/h6-7,12,17H,4-5,8-11H2,1-3H3. The van der Waals surface area contributed by atoms with Crippen LogP contribution >= 0.6 is 0 Å². The molecule has 1 rings (SSSR count). The van der Waals surface area contributed by atoms with Gasteiger partial charge >= 0.3 is 0 Å². The molecule has 0 aromatic heterocycles. The highest BCUT2D eigenvalue weighted by atomic mass is 19.1. The summed E-state index contributed by atoms with van der Waals surface area (Å²) in [4.78, 5) is 2.29. The van der Waals surface area contributed by atoms with Gasteiger partial charge in [-0.3, -0.25) is 0 Å². The Balaban J connectivity index is 2.29. The summed E-state index contributed by atoms with van der Waals surface area (Å²) >= 11 is 0. The number of methoxy groups -OCH3 is 1. The van der Waals surface area contributed by atoms with E-state index in [0.29, 0.717) is 5.75 Å². The Morgan fingerprint density at radius 1 is 1.26 bits per heavy atom. The van der Waals surface area contributed by atoms with E-state index in [4.69, 9.17) is 4.74 Å². The van der Waals surface area contributed by atoms with Crippen molar-refractivity contribution in [3.05, 3.63) is 29.6 Å². The Hall–Kier alpha value is -1.13. The van der Waals surface area contributed by atoms with E-state index in [1.54, 1.807) is 12.1 Å². The fourth-order valence-corrected chi connectivity index (χ4v) is 1.98. The van der Waals surface area contributed by atoms with Gasteiger partial charge in [-0.2, -0.15) is 0 Å². The van der Waals surface area contributed by atoms with Crippen LogP contribution in [-0.4, -0.2) is 45.7 Å². The van der Waals surface area contributed by atoms with Gasteiger partial charge in [0.15, 0.2) is 11.6 Å². The number of rotatable bonds is 9. The molecule has 1 N–H and O–H groups in total. The van der Waals surface area contributed by atoms with Crippen molar-refractivity contribution in [3.8, 4) is 5.75 Å². The highest BCUT2D eigenvalue weighted by molar-refractivity contribution is 5.29. The number of benzene rings is 1. The summed E-state index contributed by atoms with van der Waals surface area (Å²) in [5, 5.41) is 3.14. The van der Waals surface area contributed by atoms with Crippen LogP contribution in [-0.2, 0) is 6.42 Å². The lowest BCUT2D eigenvalue weighted by atomic mass is 10.1. The maximum atomic E-state index is 13.5. The molecule has 0 radical (unpaired) electrons. The predicted molar refractivity (Wildman–Crippen MR) is 77.3 cm³/mol. The third-order valence-corrected chi connectivity index (χ3v) is 3.22. The quantitative estimate of drug-likeness (QED) is 0.696. The first-order valence-corrected chi connectivity index (χ1v) is 6.83. The van der Waals surface area contributed by atoms with Crippen LogP contribution in [0.4, 0.5) is 4.39 Å². The molecule has 108 valence electrons. The minimum atomic E-state index is -0.281. The summed E-state index contributed by atoms with van der Waals surface area (Å²) in [5.41, 5.74) is 1.01. The molecule has 0 atom stereocenters. The number of nitrogens with one attached hydrogen (secondary N) is 1. The van der Waals surface area contributed by atoms with Crippen LogP contribution in [0, 0.1) is 5.82 Å². The summed E-state index contributed by atoms with van der Waals surface area (Å²) < 4.78 is 18.4. The van der Waals surface area contributed by atoms with E-state index in [9.17, 15) is 4.39 Å². The molecular formula is C15H25FN2O. The van der Waals surface area contributed by atoms with E-state index >= 15 is 0 Å². The summed E-state index contributed by atoms with van der Waals surface area (Å²) in [5.74, 6) is 0.0286. The van der Waals surface area contributed by atoms with E-state index in [1.165, 1.54) is 20.0 Å². The molecule has 19 heavy (non-hydrogen) atoms. The fourth-order valence-electron chi connectivity index (χ4n) is 1.98. The smallest absolute Gasteiger partial charge is 0.165 e. The maximum Gasteiger partial charge on any atom is 0.165 e. The van der Waals surface area contributed by atoms with Crippen LogP contribution in [0.2, 0.25) is 0 Å². The molecule has 1 aromatic carbocycles. The number of hydrogen-bond donors (Lipinski definition) is 1. The first kappa shape index (κ1) is 15.9. The molecule has 0 saturated heterocycles. The average molecular weight is 268 g/mol. The van der Waals surface area contributed by atoms with Gasteiger partial charge in [0.05, 0.1) is 7.11 Å². The van der Waals surface area contributed by atoms with Gasteiger partial charge < -0.3 is 15.0 Å². The first-order valence-electron chi connectivity index (χ1n) is 6.83. The third kappa shape index (κ3) is 6.03. The third-order valence-electron chi connectivity index (χ3n) is 3.22. The van der Waals surface area contributed by atoms with Crippen molar-refractivity contribution in [2.45, 2.75) is 19.3 Å². The van der Waals surface area contributed by atoms with Crippen molar-refractivity contribution in [3.63, 3.8) is 0 Å². The first-order chi connectivity index (χ1) is 9.17. The van der Waals surface area contributed by atoms with Crippen LogP contribution in [0.5, 0.6) is 5.75 Å². The molecule has 0 aliphatic heterocycles. The molecule has 3 nitrogen and oxygen atoms in total. The fraction of sp³-hybridized carbons (Fsp3) is 0.600. The molecule has 0 aliphatic carbocycles. The van der Waals surface area contributed by atoms with E-state index < -0.39 is 0 Å². The number of ether oxygens (including phenoxy) is 1. The Bertz CT molecular complexity index is 371. The summed E-state index contributed by atoms with van der Waals surface area (Å²) in [6.07, 6.45) is 3.25. The lowest BCUT2D eigenvalue weighted by Gasteiger charge is -2.16. The van der Waals surface area contributed by atoms with Gasteiger partial charge in [-0.25, -0.2) is 4.39 Å². The van der Waals surface area contributed by atoms with Crippen LogP contribution in [0.1, 0.15) is 18.4 Å². The van der Waals surface area contributed by atoms with Gasteiger partial charge in [-0.05, 0) is 64.1 Å². The second-order valence-corrected chi connectivity index (χ2v) is 4.83. The van der Waals surface area contributed by atoms with Crippen LogP contribution in [0.3, 0.4) is 0 Å². The van der Waals surface area contributed by atoms with Gasteiger partial charge in [0.2, 0.25) is 0 Å². The Morgan fingerprint density at radius 3 is 2.68 bits per heavy atom. The topological polar surface area (TPSA) is 24.5 Å². The normalized spacial score (nSPS) is 11.0. The second-order valence-electron chi connectivity index (χ2n) is 4.83. The number of hydrogen-bond acceptors (Lipinski definition) is 3. The minimum Gasteiger partial charge on any atom is -0.494 e. The zero-order valence-corrected chi connectivity index (χ0v) is 12.2. The van der Waals surface area contributed by atoms with Crippen LogP contribution in [0.25, 0.3) is 0 Å². The predicted octanol–water partition coefficient (Wildman–Crippen LogP) is 2.31.